The van der Waals surface area contributed by atoms with Crippen molar-refractivity contribution in [3.63, 3.8) is 0 Å². The number of carbonyl (C=O) groups is 2. The minimum Gasteiger partial charge on any atom is -0.489 e. The summed E-state index contributed by atoms with van der Waals surface area (Å²) in [6.07, 6.45) is 1.57. The van der Waals surface area contributed by atoms with Crippen LogP contribution in [0.15, 0.2) is 108 Å². The highest BCUT2D eigenvalue weighted by Gasteiger charge is 2.23. The number of hydrogen-bond acceptors (Lipinski definition) is 5. The Hall–Kier alpha value is -5.50. The molecule has 6 rings (SSSR count). The third-order valence-electron chi connectivity index (χ3n) is 6.92. The van der Waals surface area contributed by atoms with E-state index in [1.165, 1.54) is 0 Å². The summed E-state index contributed by atoms with van der Waals surface area (Å²) in [6.45, 7) is 0.248. The van der Waals surface area contributed by atoms with Gasteiger partial charge in [-0.25, -0.2) is 4.79 Å². The average molecular weight is 547 g/mol. The van der Waals surface area contributed by atoms with Gasteiger partial charge in [0.25, 0.3) is 0 Å². The lowest BCUT2D eigenvalue weighted by Gasteiger charge is -2.14. The van der Waals surface area contributed by atoms with Crippen LogP contribution in [0.2, 0.25) is 0 Å². The van der Waals surface area contributed by atoms with E-state index in [1.807, 2.05) is 72.8 Å². The third kappa shape index (κ3) is 5.10. The Morgan fingerprint density at radius 3 is 2.37 bits per heavy atom. The van der Waals surface area contributed by atoms with Crippen LogP contribution in [0, 0.1) is 0 Å². The molecule has 41 heavy (non-hydrogen) atoms. The fourth-order valence-electron chi connectivity index (χ4n) is 5.12. The number of carboxylic acids is 1. The summed E-state index contributed by atoms with van der Waals surface area (Å²) in [5.74, 6) is -0.0969. The standard InChI is InChI=1S/C33H26N2O6/c34-33(38)24-11-6-12-25-31(24)32-26(16-23(28-14-7-15-39-28)17-29(32)41-20-30(36)37)35(25)18-22-10-4-5-13-27(22)40-19-21-8-2-1-3-9-21/h1-17H,18-20H2,(H2,34,38)(H,36,37). The van der Waals surface area contributed by atoms with Crippen LogP contribution in [0.3, 0.4) is 0 Å². The monoisotopic (exact) mass is 546 g/mol. The molecule has 0 saturated carbocycles. The van der Waals surface area contributed by atoms with Crippen LogP contribution in [0.25, 0.3) is 33.1 Å². The van der Waals surface area contributed by atoms with Crippen LogP contribution in [-0.4, -0.2) is 28.2 Å². The van der Waals surface area contributed by atoms with Gasteiger partial charge in [-0.05, 0) is 48.0 Å². The maximum Gasteiger partial charge on any atom is 0.341 e. The van der Waals surface area contributed by atoms with Crippen molar-refractivity contribution in [3.05, 3.63) is 120 Å². The molecule has 3 N–H and O–H groups in total. The molecule has 2 aromatic heterocycles. The molecule has 8 heteroatoms. The molecule has 0 atom stereocenters. The van der Waals surface area contributed by atoms with Crippen LogP contribution in [0.1, 0.15) is 21.5 Å². The van der Waals surface area contributed by atoms with Gasteiger partial charge >= 0.3 is 5.97 Å². The minimum atomic E-state index is -1.12. The number of carboxylic acid groups (broad SMARTS) is 1. The average Bonchev–Trinajstić information content (AvgIpc) is 3.63. The second-order valence-electron chi connectivity index (χ2n) is 9.56. The zero-order chi connectivity index (χ0) is 28.3. The summed E-state index contributed by atoms with van der Waals surface area (Å²) in [4.78, 5) is 24.0. The first-order valence-corrected chi connectivity index (χ1v) is 13.0. The Labute approximate surface area is 235 Å². The fourth-order valence-corrected chi connectivity index (χ4v) is 5.12. The predicted molar refractivity (Wildman–Crippen MR) is 155 cm³/mol. The number of nitrogens with zero attached hydrogens (tertiary/aromatic N) is 1. The number of primary amides is 1. The molecule has 0 aliphatic rings. The highest BCUT2D eigenvalue weighted by molar-refractivity contribution is 6.20. The van der Waals surface area contributed by atoms with Crippen molar-refractivity contribution in [2.45, 2.75) is 13.2 Å². The molecule has 0 bridgehead atoms. The molecule has 0 saturated heterocycles. The topological polar surface area (TPSA) is 117 Å². The largest absolute Gasteiger partial charge is 0.489 e. The van der Waals surface area contributed by atoms with Crippen LogP contribution >= 0.6 is 0 Å². The number of hydrogen-bond donors (Lipinski definition) is 2. The molecule has 0 aliphatic heterocycles. The maximum absolute atomic E-state index is 12.6. The minimum absolute atomic E-state index is 0.308. The first kappa shape index (κ1) is 25.8. The Morgan fingerprint density at radius 1 is 0.805 bits per heavy atom. The van der Waals surface area contributed by atoms with Gasteiger partial charge in [0.05, 0.1) is 29.2 Å². The summed E-state index contributed by atoms with van der Waals surface area (Å²) in [6, 6.07) is 30.3. The number of fused-ring (bicyclic) bond motifs is 3. The molecular formula is C33H26N2O6. The number of carbonyl (C=O) groups excluding carboxylic acids is 1. The van der Waals surface area contributed by atoms with Gasteiger partial charge in [0.2, 0.25) is 5.91 Å². The Balaban J connectivity index is 1.55. The molecule has 0 fully saturated rings. The van der Waals surface area contributed by atoms with E-state index in [4.69, 9.17) is 19.6 Å². The summed E-state index contributed by atoms with van der Waals surface area (Å²) < 4.78 is 19.8. The van der Waals surface area contributed by atoms with Crippen molar-refractivity contribution in [2.75, 3.05) is 6.61 Å². The normalized spacial score (nSPS) is 11.1. The number of benzene rings is 4. The molecule has 8 nitrogen and oxygen atoms in total. The lowest BCUT2D eigenvalue weighted by Crippen LogP contribution is -2.11. The fraction of sp³-hybridized carbons (Fsp3) is 0.0909. The van der Waals surface area contributed by atoms with Crippen LogP contribution in [-0.2, 0) is 17.9 Å². The lowest BCUT2D eigenvalue weighted by atomic mass is 10.0. The third-order valence-corrected chi connectivity index (χ3v) is 6.92. The Kier molecular flexibility index (Phi) is 6.87. The Morgan fingerprint density at radius 2 is 1.61 bits per heavy atom. The molecular weight excluding hydrogens is 520 g/mol. The van der Waals surface area contributed by atoms with Crippen molar-refractivity contribution in [1.29, 1.82) is 0 Å². The number of furan rings is 1. The molecule has 0 unspecified atom stereocenters. The summed E-state index contributed by atoms with van der Waals surface area (Å²) in [5.41, 5.74) is 10.3. The van der Waals surface area contributed by atoms with E-state index in [0.29, 0.717) is 46.6 Å². The summed E-state index contributed by atoms with van der Waals surface area (Å²) in [5, 5.41) is 10.6. The van der Waals surface area contributed by atoms with Gasteiger partial charge in [0, 0.05) is 22.1 Å². The van der Waals surface area contributed by atoms with E-state index in [9.17, 15) is 14.7 Å². The number of aliphatic carboxylic acids is 1. The first-order chi connectivity index (χ1) is 20.0. The zero-order valence-corrected chi connectivity index (χ0v) is 21.9. The van der Waals surface area contributed by atoms with E-state index in [2.05, 4.69) is 4.57 Å². The van der Waals surface area contributed by atoms with E-state index >= 15 is 0 Å². The van der Waals surface area contributed by atoms with Crippen LogP contribution < -0.4 is 15.2 Å². The molecule has 0 radical (unpaired) electrons. The molecule has 0 spiro atoms. The SMILES string of the molecule is NC(=O)c1cccc2c1c1c(OCC(=O)O)cc(-c3ccco3)cc1n2Cc1ccccc1OCc1ccccc1. The van der Waals surface area contributed by atoms with E-state index in [1.54, 1.807) is 30.5 Å². The molecule has 204 valence electrons. The summed E-state index contributed by atoms with van der Waals surface area (Å²) in [7, 11) is 0. The van der Waals surface area contributed by atoms with Crippen molar-refractivity contribution >= 4 is 33.7 Å². The lowest BCUT2D eigenvalue weighted by molar-refractivity contribution is -0.139. The first-order valence-electron chi connectivity index (χ1n) is 13.0. The van der Waals surface area contributed by atoms with Crippen molar-refractivity contribution < 1.29 is 28.6 Å². The van der Waals surface area contributed by atoms with Gasteiger partial charge in [-0.3, -0.25) is 4.79 Å². The second-order valence-corrected chi connectivity index (χ2v) is 9.56. The number of aromatic nitrogens is 1. The molecule has 4 aromatic carbocycles. The Bertz CT molecular complexity index is 1870. The van der Waals surface area contributed by atoms with Crippen LogP contribution in [0.4, 0.5) is 0 Å². The van der Waals surface area contributed by atoms with Gasteiger partial charge in [0.1, 0.15) is 23.9 Å². The van der Waals surface area contributed by atoms with Gasteiger partial charge in [0.15, 0.2) is 6.61 Å². The van der Waals surface area contributed by atoms with Gasteiger partial charge in [-0.2, -0.15) is 0 Å². The molecule has 0 aliphatic carbocycles. The second kappa shape index (κ2) is 10.9. The molecule has 2 heterocycles. The van der Waals surface area contributed by atoms with E-state index in [-0.39, 0.29) is 0 Å². The van der Waals surface area contributed by atoms with Crippen molar-refractivity contribution in [2.24, 2.45) is 5.73 Å². The van der Waals surface area contributed by atoms with Gasteiger partial charge in [-0.1, -0.05) is 54.6 Å². The zero-order valence-electron chi connectivity index (χ0n) is 21.9. The van der Waals surface area contributed by atoms with E-state index in [0.717, 1.165) is 27.9 Å². The number of rotatable bonds is 10. The number of para-hydroxylation sites is 1. The number of ether oxygens (including phenoxy) is 2. The maximum atomic E-state index is 12.6. The van der Waals surface area contributed by atoms with Crippen molar-refractivity contribution in [3.8, 4) is 22.8 Å². The van der Waals surface area contributed by atoms with Crippen molar-refractivity contribution in [1.82, 2.24) is 4.57 Å². The van der Waals surface area contributed by atoms with Gasteiger partial charge in [-0.15, -0.1) is 0 Å². The predicted octanol–water partition coefficient (Wildman–Crippen LogP) is 6.24. The number of amides is 1. The molecule has 6 aromatic rings. The van der Waals surface area contributed by atoms with E-state index < -0.39 is 18.5 Å². The highest BCUT2D eigenvalue weighted by atomic mass is 16.5. The molecule has 1 amide bonds. The van der Waals surface area contributed by atoms with Crippen LogP contribution in [0.5, 0.6) is 11.5 Å². The number of nitrogens with two attached hydrogens (primary N) is 1. The van der Waals surface area contributed by atoms with Gasteiger partial charge < -0.3 is 29.3 Å². The summed E-state index contributed by atoms with van der Waals surface area (Å²) >= 11 is 0. The highest BCUT2D eigenvalue weighted by Crippen LogP contribution is 2.41. The quantitative estimate of drug-likeness (QED) is 0.210. The smallest absolute Gasteiger partial charge is 0.341 e.